The lowest BCUT2D eigenvalue weighted by Gasteiger charge is -2.12. The number of hydrogen-bond acceptors (Lipinski definition) is 4. The topological polar surface area (TPSA) is 72.2 Å². The normalized spacial score (nSPS) is 18.6. The smallest absolute Gasteiger partial charge is 0.284 e. The minimum absolute atomic E-state index is 0.0940. The molecule has 0 radical (unpaired) electrons. The molecule has 5 nitrogen and oxygen atoms in total. The number of carbonyl (C=O) groups is 1. The largest absolute Gasteiger partial charge is 0.348 e. The number of nitro groups is 1. The first-order valence-electron chi connectivity index (χ1n) is 5.41. The maximum atomic E-state index is 12.0. The molecule has 0 saturated carbocycles. The van der Waals surface area contributed by atoms with Gasteiger partial charge in [0.05, 0.1) is 10.5 Å². The SMILES string of the molecule is O=C(NC1CCSC1)c1cccc([N+](=O)[O-])c1Br. The molecule has 1 unspecified atom stereocenters. The molecule has 1 fully saturated rings. The fourth-order valence-corrected chi connectivity index (χ4v) is 3.49. The first-order chi connectivity index (χ1) is 8.59. The molecular weight excluding hydrogens is 320 g/mol. The van der Waals surface area contributed by atoms with Crippen LogP contribution in [0.5, 0.6) is 0 Å². The Labute approximate surface area is 117 Å². The number of hydrogen-bond donors (Lipinski definition) is 1. The van der Waals surface area contributed by atoms with Crippen molar-refractivity contribution < 1.29 is 9.72 Å². The fourth-order valence-electron chi connectivity index (χ4n) is 1.75. The quantitative estimate of drug-likeness (QED) is 0.683. The van der Waals surface area contributed by atoms with Crippen LogP contribution in [0.4, 0.5) is 5.69 Å². The van der Waals surface area contributed by atoms with E-state index in [1.807, 2.05) is 0 Å². The van der Waals surface area contributed by atoms with Gasteiger partial charge in [-0.3, -0.25) is 14.9 Å². The minimum atomic E-state index is -0.508. The predicted molar refractivity (Wildman–Crippen MR) is 74.0 cm³/mol. The van der Waals surface area contributed by atoms with Gasteiger partial charge in [-0.1, -0.05) is 6.07 Å². The van der Waals surface area contributed by atoms with Crippen LogP contribution in [0.15, 0.2) is 22.7 Å². The Bertz CT molecular complexity index is 489. The van der Waals surface area contributed by atoms with Gasteiger partial charge in [-0.15, -0.1) is 0 Å². The minimum Gasteiger partial charge on any atom is -0.348 e. The first-order valence-corrected chi connectivity index (χ1v) is 7.36. The van der Waals surface area contributed by atoms with Gasteiger partial charge in [0.15, 0.2) is 0 Å². The van der Waals surface area contributed by atoms with Gasteiger partial charge in [0.2, 0.25) is 0 Å². The van der Waals surface area contributed by atoms with E-state index in [1.54, 1.807) is 17.8 Å². The van der Waals surface area contributed by atoms with Gasteiger partial charge in [0.25, 0.3) is 11.6 Å². The van der Waals surface area contributed by atoms with Crippen molar-refractivity contribution in [2.45, 2.75) is 12.5 Å². The van der Waals surface area contributed by atoms with Crippen molar-refractivity contribution in [1.29, 1.82) is 0 Å². The third-order valence-corrected chi connectivity index (χ3v) is 4.68. The van der Waals surface area contributed by atoms with Crippen LogP contribution in [0.25, 0.3) is 0 Å². The zero-order chi connectivity index (χ0) is 13.1. The van der Waals surface area contributed by atoms with E-state index < -0.39 is 4.92 Å². The Hall–Kier alpha value is -1.08. The first kappa shape index (κ1) is 13.4. The van der Waals surface area contributed by atoms with E-state index in [4.69, 9.17) is 0 Å². The highest BCUT2D eigenvalue weighted by Crippen LogP contribution is 2.28. The zero-order valence-electron chi connectivity index (χ0n) is 9.39. The fraction of sp³-hybridized carbons (Fsp3) is 0.364. The summed E-state index contributed by atoms with van der Waals surface area (Å²) in [5, 5.41) is 13.7. The molecule has 1 atom stereocenters. The summed E-state index contributed by atoms with van der Waals surface area (Å²) in [4.78, 5) is 22.3. The van der Waals surface area contributed by atoms with Crippen LogP contribution in [0, 0.1) is 10.1 Å². The molecule has 1 N–H and O–H groups in total. The van der Waals surface area contributed by atoms with Crippen LogP contribution in [0.1, 0.15) is 16.8 Å². The standard InChI is InChI=1S/C11H11BrN2O3S/c12-10-8(2-1-3-9(10)14(16)17)11(15)13-7-4-5-18-6-7/h1-3,7H,4-6H2,(H,13,15). The molecule has 2 rings (SSSR count). The summed E-state index contributed by atoms with van der Waals surface area (Å²) in [6.07, 6.45) is 0.947. The van der Waals surface area contributed by atoms with Crippen LogP contribution in [-0.2, 0) is 0 Å². The van der Waals surface area contributed by atoms with Gasteiger partial charge in [-0.2, -0.15) is 11.8 Å². The summed E-state index contributed by atoms with van der Waals surface area (Å²) in [7, 11) is 0. The lowest BCUT2D eigenvalue weighted by molar-refractivity contribution is -0.385. The van der Waals surface area contributed by atoms with Gasteiger partial charge in [0, 0.05) is 17.9 Å². The maximum Gasteiger partial charge on any atom is 0.284 e. The van der Waals surface area contributed by atoms with Gasteiger partial charge >= 0.3 is 0 Å². The second-order valence-electron chi connectivity index (χ2n) is 3.93. The molecule has 96 valence electrons. The molecule has 1 heterocycles. The van der Waals surface area contributed by atoms with Crippen molar-refractivity contribution in [3.63, 3.8) is 0 Å². The molecule has 18 heavy (non-hydrogen) atoms. The number of benzene rings is 1. The molecule has 0 bridgehead atoms. The van der Waals surface area contributed by atoms with Crippen LogP contribution in [0.2, 0.25) is 0 Å². The Balaban J connectivity index is 2.19. The van der Waals surface area contributed by atoms with Crippen molar-refractivity contribution >= 4 is 39.3 Å². The Morgan fingerprint density at radius 3 is 2.94 bits per heavy atom. The van der Waals surface area contributed by atoms with Crippen molar-refractivity contribution in [3.05, 3.63) is 38.3 Å². The monoisotopic (exact) mass is 330 g/mol. The highest BCUT2D eigenvalue weighted by Gasteiger charge is 2.23. The number of nitro benzene ring substituents is 1. The van der Waals surface area contributed by atoms with E-state index in [0.717, 1.165) is 17.9 Å². The van der Waals surface area contributed by atoms with Gasteiger partial charge in [-0.25, -0.2) is 0 Å². The third-order valence-electron chi connectivity index (χ3n) is 2.68. The third kappa shape index (κ3) is 2.84. The van der Waals surface area contributed by atoms with Gasteiger partial charge in [-0.05, 0) is 34.2 Å². The van der Waals surface area contributed by atoms with Crippen LogP contribution >= 0.6 is 27.7 Å². The number of thioether (sulfide) groups is 1. The molecule has 1 aromatic rings. The molecule has 1 saturated heterocycles. The number of nitrogens with one attached hydrogen (secondary N) is 1. The van der Waals surface area contributed by atoms with E-state index in [-0.39, 0.29) is 22.1 Å². The van der Waals surface area contributed by atoms with E-state index in [1.165, 1.54) is 12.1 Å². The predicted octanol–water partition coefficient (Wildman–Crippen LogP) is 2.59. The number of rotatable bonds is 3. The molecule has 1 aromatic carbocycles. The molecular formula is C11H11BrN2O3S. The van der Waals surface area contributed by atoms with E-state index >= 15 is 0 Å². The molecule has 1 aliphatic rings. The highest BCUT2D eigenvalue weighted by molar-refractivity contribution is 9.10. The molecule has 7 heteroatoms. The Morgan fingerprint density at radius 1 is 1.56 bits per heavy atom. The summed E-state index contributed by atoms with van der Waals surface area (Å²) in [5.74, 6) is 1.68. The summed E-state index contributed by atoms with van der Waals surface area (Å²) >= 11 is 4.92. The van der Waals surface area contributed by atoms with E-state index in [0.29, 0.717) is 5.56 Å². The summed E-state index contributed by atoms with van der Waals surface area (Å²) < 4.78 is 0.234. The summed E-state index contributed by atoms with van der Waals surface area (Å²) in [5.41, 5.74) is 0.213. The molecule has 1 aliphatic heterocycles. The number of halogens is 1. The van der Waals surface area contributed by atoms with Crippen molar-refractivity contribution in [1.82, 2.24) is 5.32 Å². The van der Waals surface area contributed by atoms with E-state index in [2.05, 4.69) is 21.2 Å². The number of nitrogens with zero attached hydrogens (tertiary/aromatic N) is 1. The van der Waals surface area contributed by atoms with Gasteiger partial charge in [0.1, 0.15) is 4.47 Å². The molecule has 0 spiro atoms. The zero-order valence-corrected chi connectivity index (χ0v) is 11.8. The summed E-state index contributed by atoms with van der Waals surface area (Å²) in [6.45, 7) is 0. The van der Waals surface area contributed by atoms with Crippen molar-refractivity contribution in [3.8, 4) is 0 Å². The average Bonchev–Trinajstić information content (AvgIpc) is 2.81. The average molecular weight is 331 g/mol. The van der Waals surface area contributed by atoms with Crippen LogP contribution in [0.3, 0.4) is 0 Å². The van der Waals surface area contributed by atoms with Crippen LogP contribution in [-0.4, -0.2) is 28.4 Å². The van der Waals surface area contributed by atoms with Crippen molar-refractivity contribution in [2.24, 2.45) is 0 Å². The second kappa shape index (κ2) is 5.71. The lowest BCUT2D eigenvalue weighted by atomic mass is 10.1. The highest BCUT2D eigenvalue weighted by atomic mass is 79.9. The molecule has 0 aromatic heterocycles. The van der Waals surface area contributed by atoms with Crippen molar-refractivity contribution in [2.75, 3.05) is 11.5 Å². The molecule has 0 aliphatic carbocycles. The lowest BCUT2D eigenvalue weighted by Crippen LogP contribution is -2.34. The second-order valence-corrected chi connectivity index (χ2v) is 5.87. The number of carbonyl (C=O) groups excluding carboxylic acids is 1. The maximum absolute atomic E-state index is 12.0. The van der Waals surface area contributed by atoms with Gasteiger partial charge < -0.3 is 5.32 Å². The van der Waals surface area contributed by atoms with E-state index in [9.17, 15) is 14.9 Å². The molecule has 1 amide bonds. The number of amides is 1. The Kier molecular flexibility index (Phi) is 4.23. The Morgan fingerprint density at radius 2 is 2.33 bits per heavy atom. The van der Waals surface area contributed by atoms with Crippen LogP contribution < -0.4 is 5.32 Å². The summed E-state index contributed by atoms with van der Waals surface area (Å²) in [6, 6.07) is 4.62.